The van der Waals surface area contributed by atoms with Gasteiger partial charge >= 0.3 is 5.97 Å². The summed E-state index contributed by atoms with van der Waals surface area (Å²) in [5.74, 6) is -0.295. The van der Waals surface area contributed by atoms with Gasteiger partial charge in [0.25, 0.3) is 0 Å². The first-order chi connectivity index (χ1) is 8.17. The van der Waals surface area contributed by atoms with Gasteiger partial charge in [-0.1, -0.05) is 19.4 Å². The molecular weight excluding hydrogens is 214 g/mol. The van der Waals surface area contributed by atoms with E-state index in [-0.39, 0.29) is 5.97 Å². The molecule has 3 heteroatoms. The lowest BCUT2D eigenvalue weighted by molar-refractivity contribution is 0.0601. The number of fused-ring (bicyclic) bond motifs is 1. The number of esters is 1. The van der Waals surface area contributed by atoms with E-state index < -0.39 is 0 Å². The number of hydrogen-bond donors (Lipinski definition) is 1. The van der Waals surface area contributed by atoms with Crippen LogP contribution in [0.1, 0.15) is 35.0 Å². The van der Waals surface area contributed by atoms with Gasteiger partial charge in [0.2, 0.25) is 0 Å². The third-order valence-electron chi connectivity index (χ3n) is 3.04. The fourth-order valence-corrected chi connectivity index (χ4v) is 2.21. The first-order valence-corrected chi connectivity index (χ1v) is 5.87. The van der Waals surface area contributed by atoms with Crippen molar-refractivity contribution in [2.75, 3.05) is 7.11 Å². The highest BCUT2D eigenvalue weighted by Gasteiger charge is 2.11. The summed E-state index contributed by atoms with van der Waals surface area (Å²) in [5.41, 5.74) is 4.13. The Morgan fingerprint density at radius 1 is 1.41 bits per heavy atom. The van der Waals surface area contributed by atoms with Crippen LogP contribution in [-0.2, 0) is 11.2 Å². The second kappa shape index (κ2) is 4.62. The van der Waals surface area contributed by atoms with E-state index in [2.05, 4.69) is 18.8 Å². The van der Waals surface area contributed by atoms with Crippen molar-refractivity contribution in [3.05, 3.63) is 35.0 Å². The van der Waals surface area contributed by atoms with Crippen molar-refractivity contribution in [2.24, 2.45) is 0 Å². The third-order valence-corrected chi connectivity index (χ3v) is 3.04. The molecule has 0 fully saturated rings. The molecule has 0 amide bonds. The van der Waals surface area contributed by atoms with Crippen molar-refractivity contribution < 1.29 is 9.53 Å². The van der Waals surface area contributed by atoms with Gasteiger partial charge in [0.05, 0.1) is 12.7 Å². The molecule has 0 aliphatic carbocycles. The molecule has 3 nitrogen and oxygen atoms in total. The maximum Gasteiger partial charge on any atom is 0.337 e. The Hall–Kier alpha value is -1.77. The van der Waals surface area contributed by atoms with Crippen LogP contribution in [0.3, 0.4) is 0 Å². The zero-order valence-electron chi connectivity index (χ0n) is 10.5. The number of carbonyl (C=O) groups excluding carboxylic acids is 1. The molecule has 0 bridgehead atoms. The van der Waals surface area contributed by atoms with Gasteiger partial charge in [-0.25, -0.2) is 4.79 Å². The van der Waals surface area contributed by atoms with Crippen LogP contribution in [0.2, 0.25) is 0 Å². The average molecular weight is 231 g/mol. The van der Waals surface area contributed by atoms with Crippen molar-refractivity contribution in [1.29, 1.82) is 0 Å². The van der Waals surface area contributed by atoms with E-state index in [1.165, 1.54) is 23.8 Å². The molecule has 0 aliphatic rings. The monoisotopic (exact) mass is 231 g/mol. The molecule has 90 valence electrons. The number of rotatable bonds is 3. The van der Waals surface area contributed by atoms with E-state index in [0.29, 0.717) is 5.56 Å². The molecule has 0 radical (unpaired) electrons. The normalized spacial score (nSPS) is 10.8. The van der Waals surface area contributed by atoms with Gasteiger partial charge in [-0.05, 0) is 31.0 Å². The van der Waals surface area contributed by atoms with E-state index in [9.17, 15) is 4.79 Å². The fourth-order valence-electron chi connectivity index (χ4n) is 2.21. The number of ether oxygens (including phenoxy) is 1. The smallest absolute Gasteiger partial charge is 0.337 e. The lowest BCUT2D eigenvalue weighted by Gasteiger charge is -2.00. The molecular formula is C14H17NO2. The maximum absolute atomic E-state index is 11.4. The Balaban J connectivity index is 2.53. The van der Waals surface area contributed by atoms with Gasteiger partial charge in [0.15, 0.2) is 0 Å². The summed E-state index contributed by atoms with van der Waals surface area (Å²) < 4.78 is 4.72. The van der Waals surface area contributed by atoms with Crippen LogP contribution in [0.5, 0.6) is 0 Å². The maximum atomic E-state index is 11.4. The molecule has 0 aliphatic heterocycles. The van der Waals surface area contributed by atoms with E-state index >= 15 is 0 Å². The zero-order valence-corrected chi connectivity index (χ0v) is 10.5. The average Bonchev–Trinajstić information content (AvgIpc) is 2.64. The molecule has 0 unspecified atom stereocenters. The summed E-state index contributed by atoms with van der Waals surface area (Å²) in [5, 5.41) is 1.21. The summed E-state index contributed by atoms with van der Waals surface area (Å²) in [4.78, 5) is 14.8. The van der Waals surface area contributed by atoms with Crippen LogP contribution < -0.4 is 0 Å². The number of methoxy groups -OCH3 is 1. The first kappa shape index (κ1) is 11.7. The lowest BCUT2D eigenvalue weighted by atomic mass is 10.0. The molecule has 0 spiro atoms. The van der Waals surface area contributed by atoms with E-state index in [1.54, 1.807) is 0 Å². The lowest BCUT2D eigenvalue weighted by Crippen LogP contribution is -2.00. The van der Waals surface area contributed by atoms with Crippen LogP contribution in [0.4, 0.5) is 0 Å². The molecule has 2 aromatic rings. The van der Waals surface area contributed by atoms with Gasteiger partial charge < -0.3 is 9.72 Å². The van der Waals surface area contributed by atoms with Crippen LogP contribution in [0.15, 0.2) is 18.2 Å². The van der Waals surface area contributed by atoms with Gasteiger partial charge in [0.1, 0.15) is 0 Å². The quantitative estimate of drug-likeness (QED) is 0.824. The van der Waals surface area contributed by atoms with Gasteiger partial charge in [-0.2, -0.15) is 0 Å². The minimum Gasteiger partial charge on any atom is -0.465 e. The molecule has 1 N–H and O–H groups in total. The summed E-state index contributed by atoms with van der Waals surface area (Å²) in [6, 6.07) is 5.67. The summed E-state index contributed by atoms with van der Waals surface area (Å²) in [6.07, 6.45) is 2.18. The van der Waals surface area contributed by atoms with Crippen molar-refractivity contribution in [2.45, 2.75) is 26.7 Å². The summed E-state index contributed by atoms with van der Waals surface area (Å²) >= 11 is 0. The van der Waals surface area contributed by atoms with E-state index in [0.717, 1.165) is 18.4 Å². The summed E-state index contributed by atoms with van der Waals surface area (Å²) in [7, 11) is 1.40. The van der Waals surface area contributed by atoms with E-state index in [4.69, 9.17) is 4.74 Å². The molecule has 2 rings (SSSR count). The van der Waals surface area contributed by atoms with Crippen LogP contribution in [0.25, 0.3) is 10.9 Å². The number of nitrogens with one attached hydrogen (secondary N) is 1. The molecule has 0 saturated heterocycles. The number of aryl methyl sites for hydroxylation is 2. The van der Waals surface area contributed by atoms with Crippen molar-refractivity contribution in [1.82, 2.24) is 4.98 Å². The van der Waals surface area contributed by atoms with E-state index in [1.807, 2.05) is 18.2 Å². The van der Waals surface area contributed by atoms with Crippen LogP contribution in [0, 0.1) is 6.92 Å². The van der Waals surface area contributed by atoms with Crippen molar-refractivity contribution in [3.8, 4) is 0 Å². The SMILES string of the molecule is CCCc1c(C)[nH]c2cc(C(=O)OC)ccc12. The van der Waals surface area contributed by atoms with Crippen LogP contribution >= 0.6 is 0 Å². The topological polar surface area (TPSA) is 42.1 Å². The standard InChI is InChI=1S/C14H17NO2/c1-4-5-11-9(2)15-13-8-10(14(16)17-3)6-7-12(11)13/h6-8,15H,4-5H2,1-3H3. The Kier molecular flexibility index (Phi) is 3.18. The number of aromatic nitrogens is 1. The molecule has 0 atom stereocenters. The first-order valence-electron chi connectivity index (χ1n) is 5.87. The highest BCUT2D eigenvalue weighted by atomic mass is 16.5. The van der Waals surface area contributed by atoms with Gasteiger partial charge in [-0.3, -0.25) is 0 Å². The molecule has 0 saturated carbocycles. The Morgan fingerprint density at radius 3 is 2.82 bits per heavy atom. The minimum absolute atomic E-state index is 0.295. The second-order valence-corrected chi connectivity index (χ2v) is 4.23. The largest absolute Gasteiger partial charge is 0.465 e. The Morgan fingerprint density at radius 2 is 2.18 bits per heavy atom. The number of hydrogen-bond acceptors (Lipinski definition) is 2. The predicted octanol–water partition coefficient (Wildman–Crippen LogP) is 3.22. The van der Waals surface area contributed by atoms with Crippen molar-refractivity contribution in [3.63, 3.8) is 0 Å². The highest BCUT2D eigenvalue weighted by Crippen LogP contribution is 2.24. The number of carbonyl (C=O) groups is 1. The molecule has 1 aromatic heterocycles. The minimum atomic E-state index is -0.295. The zero-order chi connectivity index (χ0) is 12.4. The number of H-pyrrole nitrogens is 1. The molecule has 1 heterocycles. The number of benzene rings is 1. The third kappa shape index (κ3) is 2.05. The second-order valence-electron chi connectivity index (χ2n) is 4.23. The molecule has 1 aromatic carbocycles. The van der Waals surface area contributed by atoms with Gasteiger partial charge in [-0.15, -0.1) is 0 Å². The van der Waals surface area contributed by atoms with Crippen LogP contribution in [-0.4, -0.2) is 18.1 Å². The predicted molar refractivity (Wildman–Crippen MR) is 68.4 cm³/mol. The summed E-state index contributed by atoms with van der Waals surface area (Å²) in [6.45, 7) is 4.24. The Bertz CT molecular complexity index is 555. The van der Waals surface area contributed by atoms with Crippen molar-refractivity contribution >= 4 is 16.9 Å². The Labute approximate surface area is 101 Å². The fraction of sp³-hybridized carbons (Fsp3) is 0.357. The highest BCUT2D eigenvalue weighted by molar-refractivity contribution is 5.95. The van der Waals surface area contributed by atoms with Gasteiger partial charge in [0, 0.05) is 16.6 Å². The molecule has 17 heavy (non-hydrogen) atoms. The number of aromatic amines is 1.